The number of ether oxygens (including phenoxy) is 3. The predicted octanol–water partition coefficient (Wildman–Crippen LogP) is 3.01. The summed E-state index contributed by atoms with van der Waals surface area (Å²) in [4.78, 5) is 13.3. The van der Waals surface area contributed by atoms with E-state index in [0.717, 1.165) is 70.8 Å². The molecule has 1 atom stereocenters. The van der Waals surface area contributed by atoms with Gasteiger partial charge in [-0.2, -0.15) is 0 Å². The molecular formula is C24H28NO5+. The fourth-order valence-corrected chi connectivity index (χ4v) is 4.27. The zero-order chi connectivity index (χ0) is 21.3. The van der Waals surface area contributed by atoms with Gasteiger partial charge in [0.2, 0.25) is 6.73 Å². The topological polar surface area (TPSA) is 62.3 Å². The molecule has 3 aromatic rings. The molecule has 0 bridgehead atoms. The number of aryl methyl sites for hydroxylation is 2. The van der Waals surface area contributed by atoms with Crippen molar-refractivity contribution in [1.29, 1.82) is 0 Å². The van der Waals surface area contributed by atoms with Crippen LogP contribution < -0.4 is 24.7 Å². The van der Waals surface area contributed by atoms with E-state index in [0.29, 0.717) is 12.3 Å². The monoisotopic (exact) mass is 410 g/mol. The number of nitrogens with one attached hydrogen (secondary N) is 1. The molecule has 1 N–H and O–H groups in total. The third-order valence-electron chi connectivity index (χ3n) is 5.66. The summed E-state index contributed by atoms with van der Waals surface area (Å²) in [5, 5.41) is 1.02. The van der Waals surface area contributed by atoms with Crippen LogP contribution in [-0.2, 0) is 19.5 Å². The smallest absolute Gasteiger partial charge is 0.336 e. The van der Waals surface area contributed by atoms with Crippen molar-refractivity contribution in [1.82, 2.24) is 0 Å². The van der Waals surface area contributed by atoms with Gasteiger partial charge in [0.15, 0.2) is 11.5 Å². The van der Waals surface area contributed by atoms with Crippen molar-refractivity contribution in [2.24, 2.45) is 0 Å². The first-order valence-electron chi connectivity index (χ1n) is 10.3. The van der Waals surface area contributed by atoms with Crippen molar-refractivity contribution < 1.29 is 23.5 Å². The predicted molar refractivity (Wildman–Crippen MR) is 115 cm³/mol. The number of hydrogen-bond donors (Lipinski definition) is 1. The van der Waals surface area contributed by atoms with Crippen LogP contribution in [0.15, 0.2) is 39.5 Å². The molecule has 0 saturated heterocycles. The van der Waals surface area contributed by atoms with Gasteiger partial charge in [-0.15, -0.1) is 0 Å². The molecule has 30 heavy (non-hydrogen) atoms. The Kier molecular flexibility index (Phi) is 5.68. The van der Waals surface area contributed by atoms with Crippen molar-refractivity contribution in [2.45, 2.75) is 39.8 Å². The maximum atomic E-state index is 12.0. The fraction of sp³-hybridized carbons (Fsp3) is 0.375. The molecule has 0 spiro atoms. The van der Waals surface area contributed by atoms with Gasteiger partial charge in [0.05, 0.1) is 14.2 Å². The minimum Gasteiger partial charge on any atom is -0.493 e. The van der Waals surface area contributed by atoms with Crippen molar-refractivity contribution in [3.05, 3.63) is 63.0 Å². The van der Waals surface area contributed by atoms with Crippen LogP contribution in [0.2, 0.25) is 0 Å². The summed E-state index contributed by atoms with van der Waals surface area (Å²) in [6.45, 7) is 6.28. The molecule has 6 nitrogen and oxygen atoms in total. The highest BCUT2D eigenvalue weighted by molar-refractivity contribution is 5.86. The van der Waals surface area contributed by atoms with Gasteiger partial charge in [-0.1, -0.05) is 13.3 Å². The van der Waals surface area contributed by atoms with Crippen molar-refractivity contribution in [3.63, 3.8) is 0 Å². The maximum Gasteiger partial charge on any atom is 0.336 e. The second-order valence-electron chi connectivity index (χ2n) is 7.79. The summed E-state index contributed by atoms with van der Waals surface area (Å²) in [5.41, 5.74) is 4.60. The molecule has 0 amide bonds. The van der Waals surface area contributed by atoms with Crippen LogP contribution in [0.5, 0.6) is 17.2 Å². The molecule has 2 aromatic carbocycles. The molecular weight excluding hydrogens is 382 g/mol. The highest BCUT2D eigenvalue weighted by atomic mass is 16.5. The molecule has 6 heteroatoms. The van der Waals surface area contributed by atoms with Gasteiger partial charge in [-0.05, 0) is 43.2 Å². The van der Waals surface area contributed by atoms with E-state index in [1.807, 2.05) is 19.1 Å². The zero-order valence-corrected chi connectivity index (χ0v) is 18.0. The number of benzene rings is 2. The Morgan fingerprint density at radius 3 is 2.63 bits per heavy atom. The van der Waals surface area contributed by atoms with E-state index in [2.05, 4.69) is 19.1 Å². The van der Waals surface area contributed by atoms with Gasteiger partial charge in [0, 0.05) is 28.1 Å². The normalized spacial score (nSPS) is 15.5. The number of methoxy groups -OCH3 is 2. The van der Waals surface area contributed by atoms with E-state index in [4.69, 9.17) is 18.6 Å². The summed E-state index contributed by atoms with van der Waals surface area (Å²) in [6.07, 6.45) is 1.82. The third kappa shape index (κ3) is 3.75. The van der Waals surface area contributed by atoms with Crippen LogP contribution in [-0.4, -0.2) is 21.0 Å². The molecule has 4 rings (SSSR count). The Labute approximate surface area is 176 Å². The van der Waals surface area contributed by atoms with E-state index in [1.165, 1.54) is 4.90 Å². The first kappa shape index (κ1) is 20.3. The Morgan fingerprint density at radius 1 is 1.10 bits per heavy atom. The lowest BCUT2D eigenvalue weighted by molar-refractivity contribution is -0.945. The second-order valence-corrected chi connectivity index (χ2v) is 7.79. The van der Waals surface area contributed by atoms with Crippen LogP contribution in [0.25, 0.3) is 11.0 Å². The van der Waals surface area contributed by atoms with Crippen LogP contribution >= 0.6 is 0 Å². The van der Waals surface area contributed by atoms with E-state index in [-0.39, 0.29) is 5.63 Å². The van der Waals surface area contributed by atoms with E-state index >= 15 is 0 Å². The average Bonchev–Trinajstić information content (AvgIpc) is 2.74. The van der Waals surface area contributed by atoms with Crippen LogP contribution in [0.3, 0.4) is 0 Å². The Hall–Kier alpha value is -2.99. The van der Waals surface area contributed by atoms with Crippen molar-refractivity contribution >= 4 is 11.0 Å². The average molecular weight is 410 g/mol. The summed E-state index contributed by atoms with van der Waals surface area (Å²) in [5.74, 6) is 2.30. The molecule has 1 unspecified atom stereocenters. The van der Waals surface area contributed by atoms with Gasteiger partial charge in [-0.3, -0.25) is 4.90 Å². The van der Waals surface area contributed by atoms with Crippen LogP contribution in [0, 0.1) is 6.92 Å². The zero-order valence-electron chi connectivity index (χ0n) is 18.0. The lowest BCUT2D eigenvalue weighted by atomic mass is 9.98. The molecule has 2 heterocycles. The largest absolute Gasteiger partial charge is 0.493 e. The number of quaternary nitrogens is 1. The molecule has 158 valence electrons. The fourth-order valence-electron chi connectivity index (χ4n) is 4.27. The van der Waals surface area contributed by atoms with Gasteiger partial charge in [0.25, 0.3) is 0 Å². The second kappa shape index (κ2) is 8.40. The summed E-state index contributed by atoms with van der Waals surface area (Å²) in [7, 11) is 3.29. The first-order valence-corrected chi connectivity index (χ1v) is 10.3. The van der Waals surface area contributed by atoms with Gasteiger partial charge >= 0.3 is 5.63 Å². The van der Waals surface area contributed by atoms with E-state index in [1.54, 1.807) is 20.3 Å². The van der Waals surface area contributed by atoms with Gasteiger partial charge < -0.3 is 18.6 Å². The standard InChI is InChI=1S/C24H27NO5/c1-5-6-17-11-22(26)30-24-15(2)23-18(10-19(17)24)13-25(14-29-23)12-16-7-8-20(27-3)21(9-16)28-4/h7-11H,5-6,12-14H2,1-4H3/p+1. The molecule has 0 radical (unpaired) electrons. The summed E-state index contributed by atoms with van der Waals surface area (Å²) < 4.78 is 22.4. The maximum absolute atomic E-state index is 12.0. The van der Waals surface area contributed by atoms with Crippen molar-refractivity contribution in [2.75, 3.05) is 21.0 Å². The molecule has 0 saturated carbocycles. The van der Waals surface area contributed by atoms with Gasteiger partial charge in [-0.25, -0.2) is 4.79 Å². The quantitative estimate of drug-likeness (QED) is 0.633. The molecule has 1 aromatic heterocycles. The lowest BCUT2D eigenvalue weighted by Crippen LogP contribution is -3.10. The highest BCUT2D eigenvalue weighted by Gasteiger charge is 2.25. The van der Waals surface area contributed by atoms with E-state index < -0.39 is 0 Å². The Bertz CT molecular complexity index is 1130. The lowest BCUT2D eigenvalue weighted by Gasteiger charge is -2.28. The van der Waals surface area contributed by atoms with Gasteiger partial charge in [0.1, 0.15) is 24.4 Å². The number of rotatable bonds is 6. The van der Waals surface area contributed by atoms with Crippen molar-refractivity contribution in [3.8, 4) is 17.2 Å². The summed E-state index contributed by atoms with van der Waals surface area (Å²) in [6, 6.07) is 9.77. The molecule has 0 fully saturated rings. The number of hydrogen-bond acceptors (Lipinski definition) is 5. The first-order chi connectivity index (χ1) is 14.5. The SMILES string of the molecule is CCCc1cc(=O)oc2c(C)c3c(cc12)C[NH+](Cc1ccc(OC)c(OC)c1)CO3. The minimum atomic E-state index is -0.300. The molecule has 1 aliphatic rings. The Morgan fingerprint density at radius 2 is 1.90 bits per heavy atom. The highest BCUT2D eigenvalue weighted by Crippen LogP contribution is 2.34. The third-order valence-corrected chi connectivity index (χ3v) is 5.66. The Balaban J connectivity index is 1.65. The number of fused-ring (bicyclic) bond motifs is 2. The molecule has 1 aliphatic heterocycles. The summed E-state index contributed by atoms with van der Waals surface area (Å²) >= 11 is 0. The minimum absolute atomic E-state index is 0.300. The molecule has 0 aliphatic carbocycles. The van der Waals surface area contributed by atoms with Crippen LogP contribution in [0.4, 0.5) is 0 Å². The van der Waals surface area contributed by atoms with E-state index in [9.17, 15) is 4.79 Å². The van der Waals surface area contributed by atoms with Crippen LogP contribution in [0.1, 0.15) is 35.6 Å².